The van der Waals surface area contributed by atoms with Gasteiger partial charge in [-0.05, 0) is 36.5 Å². The minimum Gasteiger partial charge on any atom is -0.407 e. The summed E-state index contributed by atoms with van der Waals surface area (Å²) in [5, 5.41) is 2.28. The van der Waals surface area contributed by atoms with E-state index in [1.807, 2.05) is 0 Å². The molecule has 0 spiro atoms. The van der Waals surface area contributed by atoms with E-state index < -0.39 is 11.9 Å². The van der Waals surface area contributed by atoms with Gasteiger partial charge in [-0.3, -0.25) is 0 Å². The average Bonchev–Trinajstić information content (AvgIpc) is 3.22. The largest absolute Gasteiger partial charge is 0.412 e. The molecule has 2 rings (SSSR count). The second-order valence-electron chi connectivity index (χ2n) is 4.96. The summed E-state index contributed by atoms with van der Waals surface area (Å²) in [6.07, 6.45) is 3.87. The van der Waals surface area contributed by atoms with E-state index in [1.54, 1.807) is 6.07 Å². The van der Waals surface area contributed by atoms with Crippen molar-refractivity contribution in [3.05, 3.63) is 29.6 Å². The van der Waals surface area contributed by atoms with E-state index in [1.165, 1.54) is 32.0 Å². The summed E-state index contributed by atoms with van der Waals surface area (Å²) >= 11 is 0. The second kappa shape index (κ2) is 6.02. The van der Waals surface area contributed by atoms with Gasteiger partial charge in [0.05, 0.1) is 0 Å². The third kappa shape index (κ3) is 3.92. The van der Waals surface area contributed by atoms with Gasteiger partial charge in [-0.2, -0.15) is 0 Å². The van der Waals surface area contributed by atoms with E-state index in [-0.39, 0.29) is 11.8 Å². The lowest BCUT2D eigenvalue weighted by molar-refractivity contribution is 0.200. The number of nitrogens with one attached hydrogen (secondary N) is 1. The predicted molar refractivity (Wildman–Crippen MR) is 70.4 cm³/mol. The lowest BCUT2D eigenvalue weighted by atomic mass is 10.0. The van der Waals surface area contributed by atoms with E-state index in [9.17, 15) is 9.18 Å². The zero-order valence-electron chi connectivity index (χ0n) is 11.0. The summed E-state index contributed by atoms with van der Waals surface area (Å²) in [4.78, 5) is 11.1. The monoisotopic (exact) mass is 266 g/mol. The van der Waals surface area contributed by atoms with Crippen LogP contribution >= 0.6 is 0 Å². The molecular weight excluding hydrogens is 247 g/mol. The highest BCUT2D eigenvalue weighted by molar-refractivity contribution is 5.70. The Morgan fingerprint density at radius 3 is 2.95 bits per heavy atom. The van der Waals surface area contributed by atoms with E-state index >= 15 is 0 Å². The first-order valence-electron chi connectivity index (χ1n) is 6.54. The topological polar surface area (TPSA) is 64.3 Å². The maximum Gasteiger partial charge on any atom is 0.412 e. The van der Waals surface area contributed by atoms with Gasteiger partial charge in [-0.15, -0.1) is 0 Å². The fourth-order valence-corrected chi connectivity index (χ4v) is 1.97. The molecule has 1 unspecified atom stereocenters. The molecule has 19 heavy (non-hydrogen) atoms. The maximum atomic E-state index is 13.5. The molecular formula is C14H19FN2O2. The van der Waals surface area contributed by atoms with Crippen molar-refractivity contribution in [2.75, 3.05) is 7.05 Å². The number of halogens is 1. The van der Waals surface area contributed by atoms with Gasteiger partial charge in [0.25, 0.3) is 0 Å². The third-order valence-electron chi connectivity index (χ3n) is 3.37. The van der Waals surface area contributed by atoms with E-state index in [0.29, 0.717) is 0 Å². The summed E-state index contributed by atoms with van der Waals surface area (Å²) in [7, 11) is 1.42. The molecule has 4 nitrogen and oxygen atoms in total. The van der Waals surface area contributed by atoms with Gasteiger partial charge in [0.2, 0.25) is 0 Å². The van der Waals surface area contributed by atoms with Crippen LogP contribution in [0.25, 0.3) is 0 Å². The molecule has 1 aromatic rings. The average molecular weight is 266 g/mol. The smallest absolute Gasteiger partial charge is 0.407 e. The summed E-state index contributed by atoms with van der Waals surface area (Å²) in [6, 6.07) is 4.28. The third-order valence-corrected chi connectivity index (χ3v) is 3.37. The molecule has 3 N–H and O–H groups in total. The molecule has 1 saturated carbocycles. The molecule has 0 aliphatic heterocycles. The molecule has 0 saturated heterocycles. The zero-order chi connectivity index (χ0) is 13.8. The Morgan fingerprint density at radius 2 is 2.32 bits per heavy atom. The first kappa shape index (κ1) is 13.8. The molecule has 5 heteroatoms. The van der Waals surface area contributed by atoms with Crippen LogP contribution in [0.5, 0.6) is 5.75 Å². The fourth-order valence-electron chi connectivity index (χ4n) is 1.97. The van der Waals surface area contributed by atoms with E-state index in [2.05, 4.69) is 5.32 Å². The Hall–Kier alpha value is -1.62. The van der Waals surface area contributed by atoms with Crippen LogP contribution in [0.4, 0.5) is 9.18 Å². The van der Waals surface area contributed by atoms with Crippen molar-refractivity contribution < 1.29 is 13.9 Å². The quantitative estimate of drug-likeness (QED) is 0.861. The van der Waals surface area contributed by atoms with Gasteiger partial charge in [-0.1, -0.05) is 18.9 Å². The molecule has 1 atom stereocenters. The summed E-state index contributed by atoms with van der Waals surface area (Å²) in [6.45, 7) is 0. The lowest BCUT2D eigenvalue weighted by Crippen LogP contribution is -2.22. The van der Waals surface area contributed by atoms with Crippen LogP contribution < -0.4 is 15.8 Å². The van der Waals surface area contributed by atoms with Gasteiger partial charge in [0.1, 0.15) is 0 Å². The molecule has 0 radical (unpaired) electrons. The van der Waals surface area contributed by atoms with Crippen LogP contribution in [0.3, 0.4) is 0 Å². The normalized spacial score (nSPS) is 15.9. The Labute approximate surface area is 112 Å². The SMILES string of the molecule is CNC(=O)Oc1cc(C(N)CCC2CC2)ccc1F. The van der Waals surface area contributed by atoms with Crippen molar-refractivity contribution in [2.24, 2.45) is 11.7 Å². The summed E-state index contributed by atoms with van der Waals surface area (Å²) < 4.78 is 18.4. The first-order chi connectivity index (χ1) is 9.10. The van der Waals surface area contributed by atoms with Crippen molar-refractivity contribution in [2.45, 2.75) is 31.7 Å². The van der Waals surface area contributed by atoms with E-state index in [0.717, 1.165) is 24.3 Å². The van der Waals surface area contributed by atoms with Gasteiger partial charge in [0, 0.05) is 13.1 Å². The lowest BCUT2D eigenvalue weighted by Gasteiger charge is -2.13. The van der Waals surface area contributed by atoms with Crippen molar-refractivity contribution in [1.82, 2.24) is 5.32 Å². The van der Waals surface area contributed by atoms with Crippen LogP contribution in [0.15, 0.2) is 18.2 Å². The van der Waals surface area contributed by atoms with Gasteiger partial charge in [0.15, 0.2) is 11.6 Å². The molecule has 1 amide bonds. The second-order valence-corrected chi connectivity index (χ2v) is 4.96. The van der Waals surface area contributed by atoms with Crippen molar-refractivity contribution in [1.29, 1.82) is 0 Å². The Morgan fingerprint density at radius 1 is 1.58 bits per heavy atom. The van der Waals surface area contributed by atoms with E-state index in [4.69, 9.17) is 10.5 Å². The number of hydrogen-bond acceptors (Lipinski definition) is 3. The molecule has 0 heterocycles. The molecule has 0 bridgehead atoms. The highest BCUT2D eigenvalue weighted by atomic mass is 19.1. The number of carbonyl (C=O) groups is 1. The number of carbonyl (C=O) groups excluding carboxylic acids is 1. The molecule has 104 valence electrons. The summed E-state index contributed by atoms with van der Waals surface area (Å²) in [5.41, 5.74) is 6.87. The minimum absolute atomic E-state index is 0.0845. The molecule has 0 aromatic heterocycles. The van der Waals surface area contributed by atoms with Crippen LogP contribution in [0.1, 0.15) is 37.3 Å². The van der Waals surface area contributed by atoms with Crippen LogP contribution in [0.2, 0.25) is 0 Å². The van der Waals surface area contributed by atoms with Gasteiger partial charge >= 0.3 is 6.09 Å². The van der Waals surface area contributed by atoms with Crippen molar-refractivity contribution in [3.8, 4) is 5.75 Å². The Kier molecular flexibility index (Phi) is 4.37. The first-order valence-corrected chi connectivity index (χ1v) is 6.54. The number of rotatable bonds is 5. The summed E-state index contributed by atoms with van der Waals surface area (Å²) in [5.74, 6) is 0.161. The van der Waals surface area contributed by atoms with Crippen LogP contribution in [-0.2, 0) is 0 Å². The van der Waals surface area contributed by atoms with Crippen LogP contribution in [-0.4, -0.2) is 13.1 Å². The molecule has 1 fully saturated rings. The van der Waals surface area contributed by atoms with Crippen LogP contribution in [0, 0.1) is 11.7 Å². The Balaban J connectivity index is 2.03. The van der Waals surface area contributed by atoms with Crippen molar-refractivity contribution in [3.63, 3.8) is 0 Å². The maximum absolute atomic E-state index is 13.5. The minimum atomic E-state index is -0.692. The van der Waals surface area contributed by atoms with Gasteiger partial charge in [-0.25, -0.2) is 9.18 Å². The number of nitrogens with two attached hydrogens (primary N) is 1. The number of ether oxygens (including phenoxy) is 1. The van der Waals surface area contributed by atoms with Gasteiger partial charge < -0.3 is 15.8 Å². The molecule has 1 aromatic carbocycles. The standard InChI is InChI=1S/C14H19FN2O2/c1-17-14(18)19-13-8-10(5-6-11(13)15)12(16)7-4-9-2-3-9/h5-6,8-9,12H,2-4,7,16H2,1H3,(H,17,18). The molecule has 1 aliphatic rings. The number of benzene rings is 1. The fraction of sp³-hybridized carbons (Fsp3) is 0.500. The number of amides is 1. The molecule has 1 aliphatic carbocycles. The highest BCUT2D eigenvalue weighted by Crippen LogP contribution is 2.35. The predicted octanol–water partition coefficient (Wildman–Crippen LogP) is 2.73. The zero-order valence-corrected chi connectivity index (χ0v) is 11.0. The van der Waals surface area contributed by atoms with Crippen molar-refractivity contribution >= 4 is 6.09 Å². The Bertz CT molecular complexity index is 461. The highest BCUT2D eigenvalue weighted by Gasteiger charge is 2.22. The number of hydrogen-bond donors (Lipinski definition) is 2.